The van der Waals surface area contributed by atoms with Gasteiger partial charge in [-0.15, -0.1) is 11.8 Å². The summed E-state index contributed by atoms with van der Waals surface area (Å²) in [5, 5.41) is 94.9. The molecule has 320 valence electrons. The summed E-state index contributed by atoms with van der Waals surface area (Å²) in [6, 6.07) is 2.70. The van der Waals surface area contributed by atoms with Crippen LogP contribution < -0.4 is 26.0 Å². The van der Waals surface area contributed by atoms with E-state index in [2.05, 4.69) is 10.6 Å². The van der Waals surface area contributed by atoms with Crippen molar-refractivity contribution in [1.29, 1.82) is 0 Å². The van der Waals surface area contributed by atoms with E-state index >= 15 is 0 Å². The molecule has 0 aliphatic carbocycles. The first-order valence-electron chi connectivity index (χ1n) is 17.7. The predicted octanol–water partition coefficient (Wildman–Crippen LogP) is -5.62. The minimum absolute atomic E-state index is 0.157. The van der Waals surface area contributed by atoms with Gasteiger partial charge >= 0.3 is 11.9 Å². The number of hydrogen-bond acceptors (Lipinski definition) is 19. The zero-order valence-electron chi connectivity index (χ0n) is 30.4. The molecule has 4 rings (SSSR count). The molecule has 0 unspecified atom stereocenters. The molecule has 0 bridgehead atoms. The molecule has 1 aromatic rings. The maximum absolute atomic E-state index is 13.8. The van der Waals surface area contributed by atoms with Gasteiger partial charge < -0.3 is 86.0 Å². The van der Waals surface area contributed by atoms with Gasteiger partial charge in [-0.1, -0.05) is 12.1 Å². The summed E-state index contributed by atoms with van der Waals surface area (Å²) in [5.41, 5.74) is 5.75. The summed E-state index contributed by atoms with van der Waals surface area (Å²) in [5.74, 6) is -5.21. The van der Waals surface area contributed by atoms with Crippen molar-refractivity contribution in [2.45, 2.75) is 106 Å². The highest BCUT2D eigenvalue weighted by Crippen LogP contribution is 2.38. The van der Waals surface area contributed by atoms with Crippen LogP contribution in [0.25, 0.3) is 0 Å². The normalized spacial score (nSPS) is 32.3. The number of hydrogen-bond donors (Lipinski definition) is 12. The smallest absolute Gasteiger partial charge is 0.322 e. The zero-order chi connectivity index (χ0) is 42.1. The van der Waals surface area contributed by atoms with Crippen molar-refractivity contribution >= 4 is 47.1 Å². The molecule has 0 radical (unpaired) electrons. The molecule has 0 aromatic heterocycles. The summed E-state index contributed by atoms with van der Waals surface area (Å²) in [6.07, 6.45) is -19.0. The monoisotopic (exact) mass is 836 g/mol. The van der Waals surface area contributed by atoms with Gasteiger partial charge in [0.05, 0.1) is 30.7 Å². The van der Waals surface area contributed by atoms with Crippen LogP contribution in [0.2, 0.25) is 0 Å². The largest absolute Gasteiger partial charge is 0.480 e. The number of rotatable bonds is 18. The Hall–Kier alpha value is -3.76. The van der Waals surface area contributed by atoms with E-state index in [1.165, 1.54) is 17.9 Å². The molecule has 57 heavy (non-hydrogen) atoms. The third-order valence-electron chi connectivity index (χ3n) is 9.24. The summed E-state index contributed by atoms with van der Waals surface area (Å²) >= 11 is 0.905. The minimum Gasteiger partial charge on any atom is -0.480 e. The number of thioether (sulfide) groups is 1. The topological polar surface area (TPSA) is 367 Å². The number of aliphatic hydroxyl groups is 7. The Bertz CT molecular complexity index is 1560. The number of ether oxygens (including phenoxy) is 5. The number of para-hydroxylation sites is 2. The number of nitrogens with two attached hydrogens (primary N) is 1. The second kappa shape index (κ2) is 20.8. The van der Waals surface area contributed by atoms with E-state index in [1.54, 1.807) is 18.2 Å². The van der Waals surface area contributed by atoms with Crippen LogP contribution in [0.4, 0.5) is 5.69 Å². The molecule has 1 aromatic carbocycles. The van der Waals surface area contributed by atoms with Gasteiger partial charge in [0.25, 0.3) is 0 Å². The van der Waals surface area contributed by atoms with Crippen molar-refractivity contribution in [2.24, 2.45) is 5.73 Å². The molecule has 13 N–H and O–H groups in total. The van der Waals surface area contributed by atoms with E-state index in [-0.39, 0.29) is 30.1 Å². The maximum Gasteiger partial charge on any atom is 0.322 e. The predicted molar refractivity (Wildman–Crippen MR) is 190 cm³/mol. The van der Waals surface area contributed by atoms with Gasteiger partial charge in [0, 0.05) is 12.2 Å². The number of carbonyl (C=O) groups is 5. The Morgan fingerprint density at radius 3 is 2.16 bits per heavy atom. The Labute approximate surface area is 328 Å². The number of nitrogens with zero attached hydrogens (tertiary/aromatic N) is 1. The highest BCUT2D eigenvalue weighted by atomic mass is 32.2. The summed E-state index contributed by atoms with van der Waals surface area (Å²) in [4.78, 5) is 62.4. The number of carboxylic acids is 2. The lowest BCUT2D eigenvalue weighted by Gasteiger charge is -2.47. The summed E-state index contributed by atoms with van der Waals surface area (Å²) < 4.78 is 28.6. The molecule has 2 fully saturated rings. The first-order chi connectivity index (χ1) is 27.0. The van der Waals surface area contributed by atoms with E-state index in [4.69, 9.17) is 39.6 Å². The molecule has 0 spiro atoms. The third-order valence-corrected chi connectivity index (χ3v) is 10.3. The molecule has 14 atom stereocenters. The molecule has 3 aliphatic rings. The van der Waals surface area contributed by atoms with Crippen molar-refractivity contribution in [3.05, 3.63) is 24.3 Å². The van der Waals surface area contributed by atoms with Gasteiger partial charge in [-0.2, -0.15) is 0 Å². The van der Waals surface area contributed by atoms with Gasteiger partial charge in [0.1, 0.15) is 73.2 Å². The van der Waals surface area contributed by atoms with Gasteiger partial charge in [-0.05, 0) is 25.5 Å². The van der Waals surface area contributed by atoms with E-state index in [9.17, 15) is 59.7 Å². The van der Waals surface area contributed by atoms with E-state index in [0.29, 0.717) is 5.69 Å². The Kier molecular flexibility index (Phi) is 16.7. The quantitative estimate of drug-likeness (QED) is 0.0656. The SMILES string of the molecule is C[C@H]1[C@H](O[C@H]2O[C@H](CO)[C@@H](O[C@H]3O[C@H](CO)[C@@H](O)[C@H](O)[C@H]3O)[C@H](O)[C@H]2O)Oc2ccccc2N1C(=O)CSC[C@H](NC(=O)CC[C@H](N)C(=O)O)C(=O)NCC(=O)O. The highest BCUT2D eigenvalue weighted by Gasteiger charge is 2.52. The fraction of sp³-hybridized carbons (Fsp3) is 0.667. The number of benzene rings is 1. The molecule has 24 heteroatoms. The maximum atomic E-state index is 13.8. The Morgan fingerprint density at radius 2 is 1.51 bits per heavy atom. The van der Waals surface area contributed by atoms with Gasteiger partial charge in [0.15, 0.2) is 12.6 Å². The Morgan fingerprint density at radius 1 is 0.877 bits per heavy atom. The van der Waals surface area contributed by atoms with Crippen LogP contribution in [0.1, 0.15) is 19.8 Å². The molecule has 3 amide bonds. The van der Waals surface area contributed by atoms with Crippen molar-refractivity contribution in [2.75, 3.05) is 36.2 Å². The van der Waals surface area contributed by atoms with Crippen LogP contribution in [0.15, 0.2) is 24.3 Å². The molecule has 0 saturated carbocycles. The molecule has 3 aliphatic heterocycles. The number of aliphatic hydroxyl groups excluding tert-OH is 7. The molecule has 2 saturated heterocycles. The lowest BCUT2D eigenvalue weighted by atomic mass is 9.97. The van der Waals surface area contributed by atoms with Crippen molar-refractivity contribution in [1.82, 2.24) is 10.6 Å². The van der Waals surface area contributed by atoms with E-state index in [1.807, 2.05) is 0 Å². The summed E-state index contributed by atoms with van der Waals surface area (Å²) in [7, 11) is 0. The standard InChI is InChI=1S/C33H48N4O19S/c1-13-31(56-33-27(48)25(46)28(19(10-39)54-33)55-32-26(47)24(45)23(44)18(9-38)53-32)52-17-5-3-2-4-16(17)37(13)21(41)12-57-11-15(29(49)35-8-22(42)43)36-20(40)7-6-14(34)30(50)51/h2-5,13-15,18-19,23-28,31-33,38-39,44-48H,6-12,34H2,1H3,(H,35,49)(H,36,40)(H,42,43)(H,50,51)/t13-,14-,15-,18+,19+,23+,24-,25+,26+,27+,28+,31-,32+,33+/m0/s1. The molecule has 3 heterocycles. The number of anilines is 1. The average Bonchev–Trinajstić information content (AvgIpc) is 3.18. The van der Waals surface area contributed by atoms with Crippen LogP contribution in [-0.2, 0) is 42.9 Å². The van der Waals surface area contributed by atoms with Crippen LogP contribution in [0, 0.1) is 0 Å². The number of nitrogens with one attached hydrogen (secondary N) is 2. The molecule has 23 nitrogen and oxygen atoms in total. The van der Waals surface area contributed by atoms with E-state index in [0.717, 1.165) is 11.8 Å². The van der Waals surface area contributed by atoms with Crippen LogP contribution in [-0.4, -0.2) is 193 Å². The fourth-order valence-electron chi connectivity index (χ4n) is 6.10. The number of amides is 3. The van der Waals surface area contributed by atoms with Crippen LogP contribution >= 0.6 is 11.8 Å². The van der Waals surface area contributed by atoms with Gasteiger partial charge in [-0.25, -0.2) is 0 Å². The Balaban J connectivity index is 1.43. The fourth-order valence-corrected chi connectivity index (χ4v) is 7.00. The number of aliphatic carboxylic acids is 2. The number of fused-ring (bicyclic) bond motifs is 1. The van der Waals surface area contributed by atoms with Gasteiger partial charge in [0.2, 0.25) is 24.0 Å². The second-order valence-corrected chi connectivity index (χ2v) is 14.4. The third kappa shape index (κ3) is 11.5. The van der Waals surface area contributed by atoms with E-state index < -0.39 is 135 Å². The van der Waals surface area contributed by atoms with Crippen molar-refractivity contribution in [3.8, 4) is 5.75 Å². The highest BCUT2D eigenvalue weighted by molar-refractivity contribution is 8.00. The first kappa shape index (κ1) is 45.9. The van der Waals surface area contributed by atoms with Crippen molar-refractivity contribution < 1.29 is 93.6 Å². The number of carbonyl (C=O) groups excluding carboxylic acids is 3. The first-order valence-corrected chi connectivity index (χ1v) is 18.8. The van der Waals surface area contributed by atoms with Crippen LogP contribution in [0.5, 0.6) is 5.75 Å². The lowest BCUT2D eigenvalue weighted by molar-refractivity contribution is -0.369. The average molecular weight is 837 g/mol. The molecular formula is C33H48N4O19S. The summed E-state index contributed by atoms with van der Waals surface area (Å²) in [6.45, 7) is -0.824. The zero-order valence-corrected chi connectivity index (χ0v) is 31.2. The molecular weight excluding hydrogens is 788 g/mol. The minimum atomic E-state index is -1.91. The number of carboxylic acid groups (broad SMARTS) is 2. The van der Waals surface area contributed by atoms with Gasteiger partial charge in [-0.3, -0.25) is 28.9 Å². The van der Waals surface area contributed by atoms with Crippen molar-refractivity contribution in [3.63, 3.8) is 0 Å². The second-order valence-electron chi connectivity index (χ2n) is 13.3. The lowest BCUT2D eigenvalue weighted by Crippen LogP contribution is -2.65. The van der Waals surface area contributed by atoms with Crippen LogP contribution in [0.3, 0.4) is 0 Å².